The van der Waals surface area contributed by atoms with Crippen LogP contribution in [0.3, 0.4) is 0 Å². The minimum Gasteiger partial charge on any atom is -0.422 e. The molecule has 1 heterocycles. The second kappa shape index (κ2) is 9.25. The molecule has 0 saturated carbocycles. The van der Waals surface area contributed by atoms with Crippen molar-refractivity contribution in [3.63, 3.8) is 0 Å². The Labute approximate surface area is 169 Å². The molecule has 0 unspecified atom stereocenters. The summed E-state index contributed by atoms with van der Waals surface area (Å²) in [6.45, 7) is 9.52. The fourth-order valence-electron chi connectivity index (χ4n) is 3.30. The average molecular weight is 407 g/mol. The second-order valence-corrected chi connectivity index (χ2v) is 11.8. The highest BCUT2D eigenvalue weighted by molar-refractivity contribution is 7.92. The van der Waals surface area contributed by atoms with Crippen LogP contribution in [0.5, 0.6) is 0 Å². The van der Waals surface area contributed by atoms with E-state index in [2.05, 4.69) is 26.0 Å². The van der Waals surface area contributed by atoms with Gasteiger partial charge in [0.1, 0.15) is 5.58 Å². The zero-order chi connectivity index (χ0) is 20.9. The van der Waals surface area contributed by atoms with Crippen molar-refractivity contribution in [2.75, 3.05) is 5.75 Å². The highest BCUT2D eigenvalue weighted by Crippen LogP contribution is 2.27. The van der Waals surface area contributed by atoms with E-state index < -0.39 is 14.6 Å². The van der Waals surface area contributed by atoms with E-state index in [1.54, 1.807) is 20.8 Å². The molecule has 0 aliphatic rings. The first-order valence-corrected chi connectivity index (χ1v) is 12.0. The number of benzene rings is 1. The molecule has 156 valence electrons. The van der Waals surface area contributed by atoms with Crippen LogP contribution in [0.15, 0.2) is 33.5 Å². The normalized spacial score (nSPS) is 12.8. The summed E-state index contributed by atoms with van der Waals surface area (Å²) >= 11 is 0. The molecule has 0 radical (unpaired) electrons. The number of sulfone groups is 1. The monoisotopic (exact) mass is 406 g/mol. The van der Waals surface area contributed by atoms with Crippen molar-refractivity contribution in [2.24, 2.45) is 0 Å². The van der Waals surface area contributed by atoms with E-state index in [4.69, 9.17) is 4.42 Å². The van der Waals surface area contributed by atoms with E-state index in [1.807, 2.05) is 6.07 Å². The van der Waals surface area contributed by atoms with Crippen LogP contribution in [0.25, 0.3) is 11.0 Å². The summed E-state index contributed by atoms with van der Waals surface area (Å²) in [4.78, 5) is 11.6. The van der Waals surface area contributed by atoms with Crippen LogP contribution in [0.1, 0.15) is 83.8 Å². The summed E-state index contributed by atoms with van der Waals surface area (Å²) in [5, 5.41) is 0.980. The fourth-order valence-corrected chi connectivity index (χ4v) is 4.50. The Morgan fingerprint density at radius 2 is 1.61 bits per heavy atom. The molecule has 0 atom stereocenters. The van der Waals surface area contributed by atoms with E-state index in [0.29, 0.717) is 5.58 Å². The van der Waals surface area contributed by atoms with Crippen LogP contribution < -0.4 is 5.63 Å². The molecule has 0 aliphatic heterocycles. The SMILES string of the molecule is CC(C)c1cc(CCCCCCCS(=O)(=O)C(C)(C)C)cc2ccc(=O)oc12. The molecule has 5 heteroatoms. The highest BCUT2D eigenvalue weighted by atomic mass is 32.2. The lowest BCUT2D eigenvalue weighted by atomic mass is 9.95. The lowest BCUT2D eigenvalue weighted by Crippen LogP contribution is -2.30. The Morgan fingerprint density at radius 3 is 2.25 bits per heavy atom. The summed E-state index contributed by atoms with van der Waals surface area (Å²) in [5.41, 5.74) is 2.74. The standard InChI is InChI=1S/C23H34O4S/c1-17(2)20-16-18(15-19-12-13-21(24)27-22(19)20)11-9-7-6-8-10-14-28(25,26)23(3,4)5/h12-13,15-17H,6-11,14H2,1-5H3. The van der Waals surface area contributed by atoms with Gasteiger partial charge < -0.3 is 4.42 Å². The van der Waals surface area contributed by atoms with Crippen molar-refractivity contribution >= 4 is 20.8 Å². The smallest absolute Gasteiger partial charge is 0.336 e. The van der Waals surface area contributed by atoms with Gasteiger partial charge in [-0.1, -0.05) is 39.2 Å². The van der Waals surface area contributed by atoms with Gasteiger partial charge in [0.25, 0.3) is 0 Å². The number of hydrogen-bond donors (Lipinski definition) is 0. The lowest BCUT2D eigenvalue weighted by Gasteiger charge is -2.18. The first-order valence-electron chi connectivity index (χ1n) is 10.3. The zero-order valence-electron chi connectivity index (χ0n) is 17.9. The van der Waals surface area contributed by atoms with Gasteiger partial charge in [-0.3, -0.25) is 0 Å². The largest absolute Gasteiger partial charge is 0.422 e. The maximum atomic E-state index is 12.1. The quantitative estimate of drug-likeness (QED) is 0.400. The molecule has 0 fully saturated rings. The van der Waals surface area contributed by atoms with Gasteiger partial charge in [-0.05, 0) is 69.2 Å². The number of rotatable bonds is 9. The molecular weight excluding hydrogens is 372 g/mol. The summed E-state index contributed by atoms with van der Waals surface area (Å²) in [6, 6.07) is 7.58. The molecule has 4 nitrogen and oxygen atoms in total. The van der Waals surface area contributed by atoms with Gasteiger partial charge in [0.05, 0.1) is 10.5 Å². The fraction of sp³-hybridized carbons (Fsp3) is 0.609. The van der Waals surface area contributed by atoms with Crippen LogP contribution in [0, 0.1) is 0 Å². The molecule has 0 N–H and O–H groups in total. The molecule has 0 saturated heterocycles. The minimum atomic E-state index is -3.00. The van der Waals surface area contributed by atoms with Crippen LogP contribution in [-0.4, -0.2) is 18.9 Å². The van der Waals surface area contributed by atoms with Crippen LogP contribution in [0.4, 0.5) is 0 Å². The van der Waals surface area contributed by atoms with E-state index >= 15 is 0 Å². The van der Waals surface area contributed by atoms with Crippen molar-refractivity contribution in [3.05, 3.63) is 45.8 Å². The van der Waals surface area contributed by atoms with E-state index in [-0.39, 0.29) is 17.3 Å². The Balaban J connectivity index is 1.86. The number of hydrogen-bond acceptors (Lipinski definition) is 4. The third-order valence-electron chi connectivity index (χ3n) is 5.24. The van der Waals surface area contributed by atoms with Crippen molar-refractivity contribution in [2.45, 2.75) is 83.8 Å². The average Bonchev–Trinajstić information content (AvgIpc) is 2.59. The summed E-state index contributed by atoms with van der Waals surface area (Å²) < 4.78 is 29.0. The third kappa shape index (κ3) is 5.94. The predicted octanol–water partition coefficient (Wildman–Crippen LogP) is 5.62. The number of fused-ring (bicyclic) bond motifs is 1. The van der Waals surface area contributed by atoms with Crippen molar-refractivity contribution in [1.29, 1.82) is 0 Å². The maximum Gasteiger partial charge on any atom is 0.336 e. The van der Waals surface area contributed by atoms with E-state index in [1.165, 1.54) is 11.6 Å². The topological polar surface area (TPSA) is 64.3 Å². The van der Waals surface area contributed by atoms with Gasteiger partial charge in [-0.2, -0.15) is 0 Å². The Morgan fingerprint density at radius 1 is 0.964 bits per heavy atom. The van der Waals surface area contributed by atoms with Gasteiger partial charge in [-0.15, -0.1) is 0 Å². The summed E-state index contributed by atoms with van der Waals surface area (Å²) in [5.74, 6) is 0.571. The van der Waals surface area contributed by atoms with Crippen LogP contribution >= 0.6 is 0 Å². The highest BCUT2D eigenvalue weighted by Gasteiger charge is 2.27. The van der Waals surface area contributed by atoms with Crippen molar-refractivity contribution in [3.8, 4) is 0 Å². The Bertz CT molecular complexity index is 947. The van der Waals surface area contributed by atoms with Gasteiger partial charge >= 0.3 is 5.63 Å². The molecule has 1 aromatic carbocycles. The summed E-state index contributed by atoms with van der Waals surface area (Å²) in [7, 11) is -3.00. The second-order valence-electron chi connectivity index (χ2n) is 8.96. The molecule has 2 aromatic rings. The molecule has 1 aromatic heterocycles. The van der Waals surface area contributed by atoms with E-state index in [0.717, 1.165) is 49.5 Å². The van der Waals surface area contributed by atoms with Crippen LogP contribution in [0.2, 0.25) is 0 Å². The molecule has 0 aliphatic carbocycles. The Kier molecular flexibility index (Phi) is 7.49. The molecular formula is C23H34O4S. The van der Waals surface area contributed by atoms with Gasteiger partial charge in [0.2, 0.25) is 0 Å². The third-order valence-corrected chi connectivity index (χ3v) is 7.93. The van der Waals surface area contributed by atoms with E-state index in [9.17, 15) is 13.2 Å². The number of unbranched alkanes of at least 4 members (excludes halogenated alkanes) is 4. The van der Waals surface area contributed by atoms with Gasteiger partial charge in [-0.25, -0.2) is 13.2 Å². The molecule has 28 heavy (non-hydrogen) atoms. The van der Waals surface area contributed by atoms with Gasteiger partial charge in [0.15, 0.2) is 9.84 Å². The number of aryl methyl sites for hydroxylation is 1. The van der Waals surface area contributed by atoms with Crippen molar-refractivity contribution < 1.29 is 12.8 Å². The summed E-state index contributed by atoms with van der Waals surface area (Å²) in [6.07, 6.45) is 5.90. The van der Waals surface area contributed by atoms with Gasteiger partial charge in [0, 0.05) is 11.5 Å². The predicted molar refractivity (Wildman–Crippen MR) is 117 cm³/mol. The minimum absolute atomic E-state index is 0.282. The molecule has 0 spiro atoms. The van der Waals surface area contributed by atoms with Crippen LogP contribution in [-0.2, 0) is 16.3 Å². The first kappa shape index (κ1) is 22.7. The Hall–Kier alpha value is -1.62. The molecule has 2 rings (SSSR count). The first-order chi connectivity index (χ1) is 13.0. The maximum absolute atomic E-state index is 12.1. The molecule has 0 bridgehead atoms. The lowest BCUT2D eigenvalue weighted by molar-refractivity contribution is 0.551. The zero-order valence-corrected chi connectivity index (χ0v) is 18.7. The molecule has 0 amide bonds. The van der Waals surface area contributed by atoms with Crippen molar-refractivity contribution in [1.82, 2.24) is 0 Å².